The van der Waals surface area contributed by atoms with Crippen molar-refractivity contribution in [3.63, 3.8) is 0 Å². The summed E-state index contributed by atoms with van der Waals surface area (Å²) in [6.07, 6.45) is 0.687. The van der Waals surface area contributed by atoms with Crippen LogP contribution in [0.2, 0.25) is 0 Å². The second-order valence-electron chi connectivity index (χ2n) is 5.38. The Bertz CT molecular complexity index is 852. The van der Waals surface area contributed by atoms with Gasteiger partial charge in [0.15, 0.2) is 18.1 Å². The quantitative estimate of drug-likeness (QED) is 0.657. The van der Waals surface area contributed by atoms with Gasteiger partial charge in [0.2, 0.25) is 5.13 Å². The van der Waals surface area contributed by atoms with Crippen molar-refractivity contribution in [3.8, 4) is 11.5 Å². The maximum Gasteiger partial charge on any atom is 0.264 e. The van der Waals surface area contributed by atoms with E-state index in [4.69, 9.17) is 9.47 Å². The smallest absolute Gasteiger partial charge is 0.264 e. The van der Waals surface area contributed by atoms with Crippen LogP contribution in [0.25, 0.3) is 0 Å². The average Bonchev–Trinajstić information content (AvgIpc) is 3.09. The van der Waals surface area contributed by atoms with Gasteiger partial charge in [-0.3, -0.25) is 10.1 Å². The number of ether oxygens (including phenoxy) is 2. The topological polar surface area (TPSA) is 73.3 Å². The summed E-state index contributed by atoms with van der Waals surface area (Å²) in [6, 6.07) is 17.3. The predicted octanol–water partition coefficient (Wildman–Crippen LogP) is 3.55. The lowest BCUT2D eigenvalue weighted by Gasteiger charge is -2.10. The Labute approximate surface area is 155 Å². The number of hydrogen-bond donors (Lipinski definition) is 1. The van der Waals surface area contributed by atoms with Crippen LogP contribution in [0.5, 0.6) is 11.5 Å². The van der Waals surface area contributed by atoms with E-state index in [0.717, 1.165) is 10.6 Å². The number of anilines is 1. The fourth-order valence-electron chi connectivity index (χ4n) is 2.29. The van der Waals surface area contributed by atoms with Gasteiger partial charge in [0.1, 0.15) is 5.01 Å². The van der Waals surface area contributed by atoms with Crippen molar-refractivity contribution < 1.29 is 14.3 Å². The van der Waals surface area contributed by atoms with Gasteiger partial charge in [0.05, 0.1) is 6.61 Å². The van der Waals surface area contributed by atoms with E-state index < -0.39 is 0 Å². The van der Waals surface area contributed by atoms with Crippen molar-refractivity contribution in [1.82, 2.24) is 10.2 Å². The van der Waals surface area contributed by atoms with Gasteiger partial charge in [-0.1, -0.05) is 53.8 Å². The first-order valence-corrected chi connectivity index (χ1v) is 9.07. The van der Waals surface area contributed by atoms with E-state index in [9.17, 15) is 4.79 Å². The summed E-state index contributed by atoms with van der Waals surface area (Å²) in [5.41, 5.74) is 1.15. The number of para-hydroxylation sites is 2. The van der Waals surface area contributed by atoms with Crippen molar-refractivity contribution >= 4 is 22.4 Å². The fraction of sp³-hybridized carbons (Fsp3) is 0.211. The molecular formula is C19H19N3O3S. The molecule has 1 N–H and O–H groups in total. The standard InChI is InChI=1S/C19H19N3O3S/c1-2-24-15-10-6-7-11-16(15)25-13-17(23)20-19-22-21-18(26-19)12-14-8-4-3-5-9-14/h3-11H,2,12-13H2,1H3,(H,20,22,23). The molecule has 6 nitrogen and oxygen atoms in total. The monoisotopic (exact) mass is 369 g/mol. The molecule has 26 heavy (non-hydrogen) atoms. The van der Waals surface area contributed by atoms with Crippen molar-refractivity contribution in [2.75, 3.05) is 18.5 Å². The molecule has 1 aromatic heterocycles. The van der Waals surface area contributed by atoms with E-state index in [1.165, 1.54) is 11.3 Å². The van der Waals surface area contributed by atoms with Gasteiger partial charge in [0, 0.05) is 6.42 Å². The minimum absolute atomic E-state index is 0.127. The third kappa shape index (κ3) is 5.03. The summed E-state index contributed by atoms with van der Waals surface area (Å²) < 4.78 is 11.0. The SMILES string of the molecule is CCOc1ccccc1OCC(=O)Nc1nnc(Cc2ccccc2)s1. The molecule has 0 aliphatic heterocycles. The number of amides is 1. The second-order valence-corrected chi connectivity index (χ2v) is 6.44. The molecule has 0 atom stereocenters. The van der Waals surface area contributed by atoms with Gasteiger partial charge in [-0.25, -0.2) is 0 Å². The van der Waals surface area contributed by atoms with Crippen LogP contribution in [-0.4, -0.2) is 29.3 Å². The van der Waals surface area contributed by atoms with Crippen LogP contribution in [0, 0.1) is 0 Å². The van der Waals surface area contributed by atoms with E-state index in [1.807, 2.05) is 49.4 Å². The van der Waals surface area contributed by atoms with Crippen molar-refractivity contribution in [1.29, 1.82) is 0 Å². The zero-order valence-electron chi connectivity index (χ0n) is 14.3. The number of carbonyl (C=O) groups is 1. The minimum Gasteiger partial charge on any atom is -0.490 e. The zero-order valence-corrected chi connectivity index (χ0v) is 15.2. The number of aromatic nitrogens is 2. The van der Waals surface area contributed by atoms with E-state index >= 15 is 0 Å². The summed E-state index contributed by atoms with van der Waals surface area (Å²) in [7, 11) is 0. The highest BCUT2D eigenvalue weighted by Crippen LogP contribution is 2.26. The summed E-state index contributed by atoms with van der Waals surface area (Å²) in [5, 5.41) is 12.1. The molecule has 3 rings (SSSR count). The van der Waals surface area contributed by atoms with Crippen LogP contribution >= 0.6 is 11.3 Å². The molecule has 1 amide bonds. The van der Waals surface area contributed by atoms with Gasteiger partial charge in [-0.15, -0.1) is 10.2 Å². The summed E-state index contributed by atoms with van der Waals surface area (Å²) in [6.45, 7) is 2.30. The molecule has 0 bridgehead atoms. The van der Waals surface area contributed by atoms with Crippen LogP contribution in [0.1, 0.15) is 17.5 Å². The first-order chi connectivity index (χ1) is 12.7. The lowest BCUT2D eigenvalue weighted by molar-refractivity contribution is -0.118. The normalized spacial score (nSPS) is 10.3. The molecule has 0 aliphatic rings. The molecule has 3 aromatic rings. The van der Waals surface area contributed by atoms with E-state index in [2.05, 4.69) is 15.5 Å². The summed E-state index contributed by atoms with van der Waals surface area (Å²) in [4.78, 5) is 12.1. The maximum absolute atomic E-state index is 12.1. The molecule has 0 radical (unpaired) electrons. The molecule has 0 saturated carbocycles. The largest absolute Gasteiger partial charge is 0.490 e. The van der Waals surface area contributed by atoms with E-state index in [1.54, 1.807) is 12.1 Å². The first kappa shape index (κ1) is 17.9. The first-order valence-electron chi connectivity index (χ1n) is 8.25. The number of hydrogen-bond acceptors (Lipinski definition) is 6. The van der Waals surface area contributed by atoms with Crippen molar-refractivity contribution in [2.24, 2.45) is 0 Å². The molecule has 1 heterocycles. The Hall–Kier alpha value is -2.93. The molecule has 134 valence electrons. The van der Waals surface area contributed by atoms with Gasteiger partial charge < -0.3 is 9.47 Å². The molecule has 7 heteroatoms. The van der Waals surface area contributed by atoms with E-state index in [0.29, 0.717) is 29.7 Å². The van der Waals surface area contributed by atoms with Crippen LogP contribution in [-0.2, 0) is 11.2 Å². The molecular weight excluding hydrogens is 350 g/mol. The fourth-order valence-corrected chi connectivity index (χ4v) is 3.08. The van der Waals surface area contributed by atoms with Crippen molar-refractivity contribution in [2.45, 2.75) is 13.3 Å². The Kier molecular flexibility index (Phi) is 6.16. The van der Waals surface area contributed by atoms with Gasteiger partial charge in [-0.05, 0) is 24.6 Å². The van der Waals surface area contributed by atoms with Crippen LogP contribution in [0.3, 0.4) is 0 Å². The third-order valence-electron chi connectivity index (χ3n) is 3.42. The molecule has 2 aromatic carbocycles. The van der Waals surface area contributed by atoms with Gasteiger partial charge >= 0.3 is 0 Å². The minimum atomic E-state index is -0.293. The molecule has 0 unspecified atom stereocenters. The Morgan fingerprint density at radius 3 is 2.42 bits per heavy atom. The Morgan fingerprint density at radius 1 is 1.00 bits per heavy atom. The highest BCUT2D eigenvalue weighted by atomic mass is 32.1. The Morgan fingerprint density at radius 2 is 1.69 bits per heavy atom. The lowest BCUT2D eigenvalue weighted by atomic mass is 10.2. The maximum atomic E-state index is 12.1. The number of benzene rings is 2. The Balaban J connectivity index is 1.53. The van der Waals surface area contributed by atoms with Gasteiger partial charge in [0.25, 0.3) is 5.91 Å². The van der Waals surface area contributed by atoms with Crippen LogP contribution < -0.4 is 14.8 Å². The average molecular weight is 369 g/mol. The lowest BCUT2D eigenvalue weighted by Crippen LogP contribution is -2.20. The van der Waals surface area contributed by atoms with Crippen LogP contribution in [0.4, 0.5) is 5.13 Å². The predicted molar refractivity (Wildman–Crippen MR) is 101 cm³/mol. The highest BCUT2D eigenvalue weighted by molar-refractivity contribution is 7.15. The number of nitrogens with one attached hydrogen (secondary N) is 1. The highest BCUT2D eigenvalue weighted by Gasteiger charge is 2.11. The van der Waals surface area contributed by atoms with Crippen molar-refractivity contribution in [3.05, 3.63) is 65.2 Å². The number of rotatable bonds is 8. The number of carbonyl (C=O) groups excluding carboxylic acids is 1. The molecule has 0 spiro atoms. The van der Waals surface area contributed by atoms with E-state index in [-0.39, 0.29) is 12.5 Å². The summed E-state index contributed by atoms with van der Waals surface area (Å²) >= 11 is 1.35. The molecule has 0 aliphatic carbocycles. The van der Waals surface area contributed by atoms with Crippen LogP contribution in [0.15, 0.2) is 54.6 Å². The summed E-state index contributed by atoms with van der Waals surface area (Å²) in [5.74, 6) is 0.856. The van der Waals surface area contributed by atoms with Gasteiger partial charge in [-0.2, -0.15) is 0 Å². The molecule has 0 saturated heterocycles. The zero-order chi connectivity index (χ0) is 18.2. The molecule has 0 fully saturated rings. The number of nitrogens with zero attached hydrogens (tertiary/aromatic N) is 2. The second kappa shape index (κ2) is 8.96. The third-order valence-corrected chi connectivity index (χ3v) is 4.26.